The molecule has 1 aromatic rings. The zero-order valence-electron chi connectivity index (χ0n) is 13.4. The van der Waals surface area contributed by atoms with Gasteiger partial charge in [0.1, 0.15) is 11.6 Å². The van der Waals surface area contributed by atoms with Crippen LogP contribution in [0.2, 0.25) is 0 Å². The smallest absolute Gasteiger partial charge is 0.335 e. The van der Waals surface area contributed by atoms with Gasteiger partial charge in [-0.15, -0.1) is 0 Å². The van der Waals surface area contributed by atoms with Crippen LogP contribution in [-0.2, 0) is 4.79 Å². The Hall–Kier alpha value is -2.81. The predicted molar refractivity (Wildman–Crippen MR) is 90.4 cm³/mol. The fourth-order valence-corrected chi connectivity index (χ4v) is 2.69. The summed E-state index contributed by atoms with van der Waals surface area (Å²) in [6.45, 7) is 0. The van der Waals surface area contributed by atoms with Crippen LogP contribution >= 0.6 is 0 Å². The van der Waals surface area contributed by atoms with Crippen LogP contribution in [0.3, 0.4) is 0 Å². The van der Waals surface area contributed by atoms with Crippen LogP contribution in [0.1, 0.15) is 48.9 Å². The maximum Gasteiger partial charge on any atom is 0.335 e. The van der Waals surface area contributed by atoms with Crippen molar-refractivity contribution in [3.05, 3.63) is 41.6 Å². The summed E-state index contributed by atoms with van der Waals surface area (Å²) in [5.74, 6) is -1.54. The molecule has 1 aliphatic rings. The number of nitrogens with zero attached hydrogens (tertiary/aromatic N) is 1. The number of carbonyl (C=O) groups is 2. The SMILES string of the molecule is N#C/C(=C/NC1CCCCCC1)C(=O)Nc1ccc(C(=O)O)cc1. The monoisotopic (exact) mass is 327 g/mol. The molecule has 1 fully saturated rings. The van der Waals surface area contributed by atoms with E-state index in [-0.39, 0.29) is 11.1 Å². The second kappa shape index (κ2) is 8.73. The number of amides is 1. The Morgan fingerprint density at radius 2 is 1.75 bits per heavy atom. The number of rotatable bonds is 5. The van der Waals surface area contributed by atoms with Crippen LogP contribution in [0, 0.1) is 11.3 Å². The zero-order chi connectivity index (χ0) is 17.4. The number of hydrogen-bond donors (Lipinski definition) is 3. The number of nitriles is 1. The lowest BCUT2D eigenvalue weighted by Gasteiger charge is -2.14. The van der Waals surface area contributed by atoms with E-state index in [1.807, 2.05) is 6.07 Å². The first-order valence-electron chi connectivity index (χ1n) is 8.11. The summed E-state index contributed by atoms with van der Waals surface area (Å²) in [6, 6.07) is 7.99. The minimum absolute atomic E-state index is 0.00144. The van der Waals surface area contributed by atoms with Crippen molar-refractivity contribution in [2.75, 3.05) is 5.32 Å². The fourth-order valence-electron chi connectivity index (χ4n) is 2.69. The Balaban J connectivity index is 1.96. The molecule has 0 aliphatic heterocycles. The van der Waals surface area contributed by atoms with Gasteiger partial charge >= 0.3 is 5.97 Å². The van der Waals surface area contributed by atoms with Crippen molar-refractivity contribution in [2.24, 2.45) is 0 Å². The third-order valence-corrected chi connectivity index (χ3v) is 4.07. The van der Waals surface area contributed by atoms with E-state index in [0.29, 0.717) is 11.7 Å². The molecule has 1 saturated carbocycles. The van der Waals surface area contributed by atoms with Gasteiger partial charge in [0, 0.05) is 17.9 Å². The molecule has 0 saturated heterocycles. The molecule has 24 heavy (non-hydrogen) atoms. The van der Waals surface area contributed by atoms with E-state index in [2.05, 4.69) is 10.6 Å². The van der Waals surface area contributed by atoms with Gasteiger partial charge in [-0.25, -0.2) is 4.79 Å². The van der Waals surface area contributed by atoms with Crippen LogP contribution in [0.5, 0.6) is 0 Å². The summed E-state index contributed by atoms with van der Waals surface area (Å²) in [6.07, 6.45) is 8.38. The second-order valence-corrected chi connectivity index (χ2v) is 5.86. The van der Waals surface area contributed by atoms with Gasteiger partial charge in [0.2, 0.25) is 0 Å². The van der Waals surface area contributed by atoms with Gasteiger partial charge in [0.25, 0.3) is 5.91 Å². The van der Waals surface area contributed by atoms with Crippen LogP contribution in [-0.4, -0.2) is 23.0 Å². The lowest BCUT2D eigenvalue weighted by Crippen LogP contribution is -2.25. The third-order valence-electron chi connectivity index (χ3n) is 4.07. The van der Waals surface area contributed by atoms with Crippen molar-refractivity contribution in [3.8, 4) is 6.07 Å². The Kier molecular flexibility index (Phi) is 6.38. The number of benzene rings is 1. The predicted octanol–water partition coefficient (Wildman–Crippen LogP) is 3.04. The standard InChI is InChI=1S/C18H21N3O3/c19-11-14(12-20-15-5-3-1-2-4-6-15)17(22)21-16-9-7-13(8-10-16)18(23)24/h7-10,12,15,20H,1-6H2,(H,21,22)(H,23,24)/b14-12-. The number of carbonyl (C=O) groups excluding carboxylic acids is 1. The number of aromatic carboxylic acids is 1. The van der Waals surface area contributed by atoms with Crippen molar-refractivity contribution < 1.29 is 14.7 Å². The average Bonchev–Trinajstić information content (AvgIpc) is 2.84. The van der Waals surface area contributed by atoms with Gasteiger partial charge in [-0.05, 0) is 37.1 Å². The fraction of sp³-hybridized carbons (Fsp3) is 0.389. The van der Waals surface area contributed by atoms with Crippen LogP contribution in [0.25, 0.3) is 0 Å². The lowest BCUT2D eigenvalue weighted by atomic mass is 10.1. The highest BCUT2D eigenvalue weighted by Gasteiger charge is 2.13. The van der Waals surface area contributed by atoms with E-state index >= 15 is 0 Å². The molecule has 0 bridgehead atoms. The average molecular weight is 327 g/mol. The van der Waals surface area contributed by atoms with Gasteiger partial charge in [-0.2, -0.15) is 5.26 Å². The third kappa shape index (κ3) is 5.13. The highest BCUT2D eigenvalue weighted by Crippen LogP contribution is 2.17. The van der Waals surface area contributed by atoms with E-state index < -0.39 is 11.9 Å². The van der Waals surface area contributed by atoms with Crippen LogP contribution < -0.4 is 10.6 Å². The van der Waals surface area contributed by atoms with E-state index in [4.69, 9.17) is 5.11 Å². The van der Waals surface area contributed by atoms with Crippen molar-refractivity contribution in [1.29, 1.82) is 5.26 Å². The minimum atomic E-state index is -1.03. The number of carboxylic acids is 1. The molecule has 0 unspecified atom stereocenters. The first-order chi connectivity index (χ1) is 11.6. The largest absolute Gasteiger partial charge is 0.478 e. The summed E-state index contributed by atoms with van der Waals surface area (Å²) in [7, 11) is 0. The molecule has 2 rings (SSSR count). The minimum Gasteiger partial charge on any atom is -0.478 e. The van der Waals surface area contributed by atoms with Crippen molar-refractivity contribution in [3.63, 3.8) is 0 Å². The van der Waals surface area contributed by atoms with Crippen LogP contribution in [0.15, 0.2) is 36.0 Å². The molecule has 6 nitrogen and oxygen atoms in total. The normalized spacial score (nSPS) is 15.9. The number of anilines is 1. The van der Waals surface area contributed by atoms with Gasteiger partial charge in [-0.3, -0.25) is 4.79 Å². The molecule has 1 aliphatic carbocycles. The van der Waals surface area contributed by atoms with E-state index in [9.17, 15) is 14.9 Å². The molecular weight excluding hydrogens is 306 g/mol. The lowest BCUT2D eigenvalue weighted by molar-refractivity contribution is -0.112. The Labute approximate surface area is 141 Å². The Morgan fingerprint density at radius 3 is 2.29 bits per heavy atom. The molecular formula is C18H21N3O3. The second-order valence-electron chi connectivity index (χ2n) is 5.86. The van der Waals surface area contributed by atoms with E-state index in [1.165, 1.54) is 43.3 Å². The molecule has 6 heteroatoms. The molecule has 3 N–H and O–H groups in total. The first-order valence-corrected chi connectivity index (χ1v) is 8.11. The molecule has 0 atom stereocenters. The highest BCUT2D eigenvalue weighted by molar-refractivity contribution is 6.06. The topological polar surface area (TPSA) is 102 Å². The van der Waals surface area contributed by atoms with Gasteiger partial charge in [0.05, 0.1) is 5.56 Å². The first kappa shape index (κ1) is 17.5. The van der Waals surface area contributed by atoms with Crippen LogP contribution in [0.4, 0.5) is 5.69 Å². The molecule has 0 heterocycles. The number of hydrogen-bond acceptors (Lipinski definition) is 4. The summed E-state index contributed by atoms with van der Waals surface area (Å²) < 4.78 is 0. The molecule has 1 amide bonds. The van der Waals surface area contributed by atoms with E-state index in [0.717, 1.165) is 25.7 Å². The molecule has 0 spiro atoms. The van der Waals surface area contributed by atoms with E-state index in [1.54, 1.807) is 0 Å². The summed E-state index contributed by atoms with van der Waals surface area (Å²) >= 11 is 0. The summed E-state index contributed by atoms with van der Waals surface area (Å²) in [4.78, 5) is 22.9. The van der Waals surface area contributed by atoms with Gasteiger partial charge in [-0.1, -0.05) is 25.7 Å². The number of carboxylic acid groups (broad SMARTS) is 1. The Bertz CT molecular complexity index is 651. The molecule has 0 radical (unpaired) electrons. The molecule has 1 aromatic carbocycles. The number of nitrogens with one attached hydrogen (secondary N) is 2. The van der Waals surface area contributed by atoms with Crippen molar-refractivity contribution in [1.82, 2.24) is 5.32 Å². The maximum atomic E-state index is 12.1. The van der Waals surface area contributed by atoms with Gasteiger partial charge in [0.15, 0.2) is 0 Å². The summed E-state index contributed by atoms with van der Waals surface area (Å²) in [5, 5.41) is 23.8. The quantitative estimate of drug-likeness (QED) is 0.438. The maximum absolute atomic E-state index is 12.1. The Morgan fingerprint density at radius 1 is 1.12 bits per heavy atom. The summed E-state index contributed by atoms with van der Waals surface area (Å²) in [5.41, 5.74) is 0.584. The highest BCUT2D eigenvalue weighted by atomic mass is 16.4. The zero-order valence-corrected chi connectivity index (χ0v) is 13.4. The molecule has 126 valence electrons. The van der Waals surface area contributed by atoms with Gasteiger partial charge < -0.3 is 15.7 Å². The van der Waals surface area contributed by atoms with Crippen molar-refractivity contribution >= 4 is 17.6 Å². The molecule has 0 aromatic heterocycles. The van der Waals surface area contributed by atoms with Crippen molar-refractivity contribution in [2.45, 2.75) is 44.6 Å².